The van der Waals surface area contributed by atoms with E-state index in [9.17, 15) is 4.79 Å². The maximum Gasteiger partial charge on any atom is 0.439 e. The fourth-order valence-electron chi connectivity index (χ4n) is 3.55. The number of aliphatic imine (C=N–C) groups is 1. The van der Waals surface area contributed by atoms with Crippen molar-refractivity contribution in [2.24, 2.45) is 4.99 Å². The number of nitrogens with zero attached hydrogens (tertiary/aromatic N) is 4. The third-order valence-corrected chi connectivity index (χ3v) is 4.81. The Labute approximate surface area is 158 Å². The molecule has 134 valence electrons. The molecule has 1 aliphatic heterocycles. The number of amides is 1. The summed E-state index contributed by atoms with van der Waals surface area (Å²) in [6.07, 6.45) is 7.39. The van der Waals surface area contributed by atoms with Gasteiger partial charge in [-0.25, -0.2) is 19.3 Å². The molecule has 0 saturated heterocycles. The second-order valence-electron chi connectivity index (χ2n) is 6.52. The Morgan fingerprint density at radius 2 is 1.74 bits per heavy atom. The summed E-state index contributed by atoms with van der Waals surface area (Å²) in [5.41, 5.74) is 3.95. The average Bonchev–Trinajstić information content (AvgIpc) is 3.37. The van der Waals surface area contributed by atoms with Crippen LogP contribution in [0.2, 0.25) is 0 Å². The number of hydrogen-bond acceptors (Lipinski definition) is 3. The first kappa shape index (κ1) is 17.1. The maximum absolute atomic E-state index is 13.6. The fourth-order valence-corrected chi connectivity index (χ4v) is 3.55. The molecule has 0 aliphatic carbocycles. The van der Waals surface area contributed by atoms with E-state index in [1.165, 1.54) is 4.57 Å². The van der Waals surface area contributed by atoms with Crippen molar-refractivity contribution in [2.45, 2.75) is 19.9 Å². The molecule has 1 unspecified atom stereocenters. The van der Waals surface area contributed by atoms with Gasteiger partial charge in [0.05, 0.1) is 0 Å². The van der Waals surface area contributed by atoms with Crippen LogP contribution >= 0.6 is 0 Å². The average molecular weight is 357 g/mol. The first-order valence-electron chi connectivity index (χ1n) is 9.03. The number of carbonyl (C=O) groups excluding carboxylic acids is 1. The van der Waals surface area contributed by atoms with Crippen molar-refractivity contribution in [2.75, 3.05) is 0 Å². The molecule has 0 N–H and O–H groups in total. The van der Waals surface area contributed by atoms with E-state index in [-0.39, 0.29) is 10.5 Å². The van der Waals surface area contributed by atoms with Crippen LogP contribution in [0.3, 0.4) is 0 Å². The van der Waals surface area contributed by atoms with Crippen LogP contribution in [0.15, 0.2) is 90.1 Å². The van der Waals surface area contributed by atoms with Gasteiger partial charge in [0.15, 0.2) is 5.70 Å². The first-order valence-corrected chi connectivity index (χ1v) is 9.03. The summed E-state index contributed by atoms with van der Waals surface area (Å²) in [7, 11) is 0. The molecule has 0 fully saturated rings. The molecule has 0 saturated carbocycles. The van der Waals surface area contributed by atoms with E-state index in [0.717, 1.165) is 28.9 Å². The van der Waals surface area contributed by atoms with Crippen molar-refractivity contribution in [3.8, 4) is 0 Å². The van der Waals surface area contributed by atoms with E-state index >= 15 is 0 Å². The number of allylic oxidation sites excluding steroid dienone is 1. The summed E-state index contributed by atoms with van der Waals surface area (Å²) < 4.78 is 1.55. The molecule has 2 heterocycles. The van der Waals surface area contributed by atoms with Crippen LogP contribution in [0.25, 0.3) is 5.70 Å². The van der Waals surface area contributed by atoms with Gasteiger partial charge in [-0.2, -0.15) is 4.48 Å². The van der Waals surface area contributed by atoms with Gasteiger partial charge < -0.3 is 0 Å². The quantitative estimate of drug-likeness (QED) is 0.636. The summed E-state index contributed by atoms with van der Waals surface area (Å²) in [5.74, 6) is 0. The number of imidazole rings is 1. The van der Waals surface area contributed by atoms with Gasteiger partial charge in [0.1, 0.15) is 18.6 Å². The Morgan fingerprint density at radius 3 is 2.37 bits per heavy atom. The maximum atomic E-state index is 13.6. The van der Waals surface area contributed by atoms with Crippen molar-refractivity contribution in [1.82, 2.24) is 9.55 Å². The molecule has 5 nitrogen and oxygen atoms in total. The van der Waals surface area contributed by atoms with Gasteiger partial charge >= 0.3 is 6.03 Å². The molecule has 5 heteroatoms. The number of hydrogen-bond donors (Lipinski definition) is 0. The van der Waals surface area contributed by atoms with Gasteiger partial charge in [0.25, 0.3) is 0 Å². The lowest BCUT2D eigenvalue weighted by atomic mass is 10.1. The third-order valence-electron chi connectivity index (χ3n) is 4.81. The Kier molecular flexibility index (Phi) is 4.52. The Bertz CT molecular complexity index is 991. The van der Waals surface area contributed by atoms with Crippen LogP contribution in [0.1, 0.15) is 24.5 Å². The number of rotatable bonds is 4. The minimum absolute atomic E-state index is 0.00750. The predicted octanol–water partition coefficient (Wildman–Crippen LogP) is 4.69. The third kappa shape index (κ3) is 3.02. The van der Waals surface area contributed by atoms with Gasteiger partial charge in [-0.1, -0.05) is 55.5 Å². The van der Waals surface area contributed by atoms with Crippen LogP contribution in [0.4, 0.5) is 4.79 Å². The molecule has 2 aromatic carbocycles. The van der Waals surface area contributed by atoms with Gasteiger partial charge in [-0.15, -0.1) is 0 Å². The molecule has 4 rings (SSSR count). The van der Waals surface area contributed by atoms with Crippen molar-refractivity contribution >= 4 is 18.1 Å². The molecule has 3 aromatic rings. The van der Waals surface area contributed by atoms with Crippen molar-refractivity contribution in [3.05, 3.63) is 96.2 Å². The fraction of sp³-hybridized carbons (Fsp3) is 0.136. The topological polar surface area (TPSA) is 47.2 Å². The van der Waals surface area contributed by atoms with Gasteiger partial charge in [0.2, 0.25) is 6.34 Å². The summed E-state index contributed by atoms with van der Waals surface area (Å²) >= 11 is 0. The second kappa shape index (κ2) is 7.13. The highest BCUT2D eigenvalue weighted by atomic mass is 16.2. The van der Waals surface area contributed by atoms with Gasteiger partial charge in [0, 0.05) is 23.5 Å². The van der Waals surface area contributed by atoms with Gasteiger partial charge in [-0.05, 0) is 18.6 Å². The number of aromatic nitrogens is 2. The Balaban J connectivity index is 1.91. The lowest BCUT2D eigenvalue weighted by Gasteiger charge is -2.30. The van der Waals surface area contributed by atoms with Crippen LogP contribution < -0.4 is 0 Å². The zero-order valence-electron chi connectivity index (χ0n) is 15.2. The highest BCUT2D eigenvalue weighted by Crippen LogP contribution is 2.38. The monoisotopic (exact) mass is 357 g/mol. The number of quaternary nitrogens is 1. The van der Waals surface area contributed by atoms with E-state index in [1.54, 1.807) is 25.1 Å². The Morgan fingerprint density at radius 1 is 1.04 bits per heavy atom. The summed E-state index contributed by atoms with van der Waals surface area (Å²) in [4.78, 5) is 22.4. The van der Waals surface area contributed by atoms with Crippen LogP contribution in [-0.4, -0.2) is 26.4 Å². The van der Waals surface area contributed by atoms with E-state index in [1.807, 2.05) is 60.7 Å². The van der Waals surface area contributed by atoms with E-state index in [0.29, 0.717) is 6.54 Å². The predicted molar refractivity (Wildman–Crippen MR) is 106 cm³/mol. The molecule has 1 amide bonds. The largest absolute Gasteiger partial charge is 0.439 e. The SMILES string of the molecule is CCC1=C(c2ccccc2)[N+](Cc2ccccc2)(C(=O)n2ccnc2)C=N1. The standard InChI is InChI=1S/C22H21N4O/c1-2-20-21(19-11-7-4-8-12-19)26(17-24-20,15-18-9-5-3-6-10-18)22(27)25-14-13-23-16-25/h3-14,16-17H,2,15H2,1H3/q+1. The molecule has 0 spiro atoms. The van der Waals surface area contributed by atoms with Gasteiger partial charge in [-0.3, -0.25) is 0 Å². The minimum Gasteiger partial charge on any atom is -0.245 e. The highest BCUT2D eigenvalue weighted by molar-refractivity contribution is 5.90. The van der Waals surface area contributed by atoms with Crippen LogP contribution in [-0.2, 0) is 6.54 Å². The zero-order chi connectivity index (χ0) is 18.7. The normalized spacial score (nSPS) is 18.9. The second-order valence-corrected chi connectivity index (χ2v) is 6.52. The first-order chi connectivity index (χ1) is 13.2. The molecular weight excluding hydrogens is 336 g/mol. The number of carbonyl (C=O) groups is 1. The lowest BCUT2D eigenvalue weighted by molar-refractivity contribution is -0.685. The summed E-state index contributed by atoms with van der Waals surface area (Å²) in [6.45, 7) is 2.56. The zero-order valence-corrected chi connectivity index (χ0v) is 15.2. The molecule has 1 aromatic heterocycles. The minimum atomic E-state index is -0.0950. The van der Waals surface area contributed by atoms with E-state index < -0.39 is 0 Å². The molecule has 27 heavy (non-hydrogen) atoms. The van der Waals surface area contributed by atoms with E-state index in [2.05, 4.69) is 16.9 Å². The van der Waals surface area contributed by atoms with E-state index in [4.69, 9.17) is 0 Å². The smallest absolute Gasteiger partial charge is 0.245 e. The van der Waals surface area contributed by atoms with Crippen molar-refractivity contribution in [1.29, 1.82) is 0 Å². The number of benzene rings is 2. The summed E-state index contributed by atoms with van der Waals surface area (Å²) in [5, 5.41) is 0. The Hall–Kier alpha value is -3.31. The molecule has 0 radical (unpaired) electrons. The molecule has 0 bridgehead atoms. The van der Waals surface area contributed by atoms with Crippen molar-refractivity contribution in [3.63, 3.8) is 0 Å². The lowest BCUT2D eigenvalue weighted by Crippen LogP contribution is -2.50. The summed E-state index contributed by atoms with van der Waals surface area (Å²) in [6, 6.07) is 20.0. The van der Waals surface area contributed by atoms with Crippen LogP contribution in [0.5, 0.6) is 0 Å². The van der Waals surface area contributed by atoms with Crippen LogP contribution in [0, 0.1) is 0 Å². The van der Waals surface area contributed by atoms with Crippen molar-refractivity contribution < 1.29 is 9.28 Å². The molecule has 1 aliphatic rings. The highest BCUT2D eigenvalue weighted by Gasteiger charge is 2.47. The molecule has 1 atom stereocenters. The molecular formula is C22H21N4O+.